The molecular formula is Cl6Re. The molecule has 0 N–H and O–H groups in total. The SMILES string of the molecule is [Cl-].[Cl-].[Cl-].[Cl-].[Cl-].[Cl-].[Re+6]. The molecule has 49 valence electrons. The first-order valence-electron chi connectivity index (χ1n) is 0. The van der Waals surface area contributed by atoms with Crippen LogP contribution in [0.5, 0.6) is 0 Å². The topological polar surface area (TPSA) is 0 Å². The third kappa shape index (κ3) is 59.7. The van der Waals surface area contributed by atoms with Gasteiger partial charge in [0, 0.05) is 0 Å². The average Bonchev–Trinajstić information content (AvgIpc) is 0. The number of rotatable bonds is 0. The van der Waals surface area contributed by atoms with Gasteiger partial charge in [-0.05, 0) is 0 Å². The summed E-state index contributed by atoms with van der Waals surface area (Å²) in [6.45, 7) is 0. The minimum absolute atomic E-state index is 0. The molecule has 0 spiro atoms. The Kier molecular flexibility index (Phi) is 1310. The van der Waals surface area contributed by atoms with Crippen LogP contribution < -0.4 is 74.4 Å². The molecule has 7 heavy (non-hydrogen) atoms. The average molecular weight is 399 g/mol. The maximum absolute atomic E-state index is 0. The third-order valence-electron chi connectivity index (χ3n) is 0. The van der Waals surface area contributed by atoms with E-state index in [0.29, 0.717) is 0 Å². The fourth-order valence-corrected chi connectivity index (χ4v) is 0. The van der Waals surface area contributed by atoms with Gasteiger partial charge in [0.05, 0.1) is 0 Å². The van der Waals surface area contributed by atoms with Crippen LogP contribution in [0.2, 0.25) is 0 Å². The van der Waals surface area contributed by atoms with Crippen LogP contribution in [0.1, 0.15) is 0 Å². The molecule has 0 fully saturated rings. The first-order valence-corrected chi connectivity index (χ1v) is 0. The van der Waals surface area contributed by atoms with E-state index in [1.807, 2.05) is 0 Å². The van der Waals surface area contributed by atoms with Crippen molar-refractivity contribution < 1.29 is 94.9 Å². The Hall–Kier alpha value is 2.40. The van der Waals surface area contributed by atoms with Crippen molar-refractivity contribution in [2.24, 2.45) is 0 Å². The quantitative estimate of drug-likeness (QED) is 0.380. The van der Waals surface area contributed by atoms with E-state index in [0.717, 1.165) is 0 Å². The number of hydrogen-bond acceptors (Lipinski definition) is 0. The normalized spacial score (nSPS) is 0. The first-order chi connectivity index (χ1) is 0. The Morgan fingerprint density at radius 1 is 0.286 bits per heavy atom. The fraction of sp³-hybridized carbons (Fsp3) is 0. The zero-order chi connectivity index (χ0) is 0. The van der Waals surface area contributed by atoms with Crippen molar-refractivity contribution in [1.82, 2.24) is 0 Å². The fourth-order valence-electron chi connectivity index (χ4n) is 0. The first kappa shape index (κ1) is 115. The van der Waals surface area contributed by atoms with Gasteiger partial charge in [0.1, 0.15) is 0 Å². The van der Waals surface area contributed by atoms with Gasteiger partial charge in [-0.3, -0.25) is 0 Å². The molecule has 0 aromatic carbocycles. The van der Waals surface area contributed by atoms with Crippen molar-refractivity contribution in [2.75, 3.05) is 0 Å². The van der Waals surface area contributed by atoms with Crippen molar-refractivity contribution in [3.63, 3.8) is 0 Å². The van der Waals surface area contributed by atoms with Gasteiger partial charge in [-0.1, -0.05) is 0 Å². The molecule has 0 atom stereocenters. The Bertz CT molecular complexity index is 4.14. The van der Waals surface area contributed by atoms with Crippen LogP contribution in [0.25, 0.3) is 0 Å². The molecule has 0 aliphatic rings. The maximum atomic E-state index is 0. The molecule has 1 radical (unpaired) electrons. The molecule has 0 nitrogen and oxygen atoms in total. The summed E-state index contributed by atoms with van der Waals surface area (Å²) in [5, 5.41) is 0. The monoisotopic (exact) mass is 397 g/mol. The maximum Gasteiger partial charge on any atom is 6.00 e. The van der Waals surface area contributed by atoms with Crippen LogP contribution >= 0.6 is 0 Å². The minimum atomic E-state index is 0. The standard InChI is InChI=1S/6ClH.Re/h6*1H;/q;;;;;;+6/p-6. The molecule has 0 saturated heterocycles. The van der Waals surface area contributed by atoms with Crippen molar-refractivity contribution in [3.8, 4) is 0 Å². The van der Waals surface area contributed by atoms with Gasteiger partial charge in [0.15, 0.2) is 0 Å². The molecule has 0 aliphatic heterocycles. The Labute approximate surface area is 94.1 Å². The van der Waals surface area contributed by atoms with Gasteiger partial charge >= 0.3 is 20.4 Å². The predicted molar refractivity (Wildman–Crippen MR) is 0 cm³/mol. The Morgan fingerprint density at radius 2 is 0.286 bits per heavy atom. The Balaban J connectivity index is 0. The van der Waals surface area contributed by atoms with E-state index in [9.17, 15) is 0 Å². The predicted octanol–water partition coefficient (Wildman–Crippen LogP) is -18.0. The largest absolute Gasteiger partial charge is 6.00 e. The summed E-state index contributed by atoms with van der Waals surface area (Å²) in [7, 11) is 0. The van der Waals surface area contributed by atoms with E-state index in [1.54, 1.807) is 0 Å². The van der Waals surface area contributed by atoms with E-state index in [4.69, 9.17) is 0 Å². The zero-order valence-electron chi connectivity index (χ0n) is 2.65. The van der Waals surface area contributed by atoms with Crippen LogP contribution in [0.15, 0.2) is 0 Å². The molecule has 0 aliphatic carbocycles. The van der Waals surface area contributed by atoms with Gasteiger partial charge in [-0.2, -0.15) is 0 Å². The molecule has 0 aromatic rings. The van der Waals surface area contributed by atoms with Crippen molar-refractivity contribution in [3.05, 3.63) is 0 Å². The van der Waals surface area contributed by atoms with Gasteiger partial charge in [-0.15, -0.1) is 0 Å². The summed E-state index contributed by atoms with van der Waals surface area (Å²) in [6, 6.07) is 0. The van der Waals surface area contributed by atoms with Crippen molar-refractivity contribution in [1.29, 1.82) is 0 Å². The molecule has 0 aromatic heterocycles. The van der Waals surface area contributed by atoms with Crippen LogP contribution in [0, 0.1) is 0 Å². The molecule has 0 heterocycles. The number of halogens is 6. The second-order valence-corrected chi connectivity index (χ2v) is 0. The molecule has 0 bridgehead atoms. The van der Waals surface area contributed by atoms with Gasteiger partial charge in [0.2, 0.25) is 0 Å². The zero-order valence-corrected chi connectivity index (χ0v) is 9.90. The van der Waals surface area contributed by atoms with Crippen LogP contribution in [0.3, 0.4) is 0 Å². The molecular weight excluding hydrogens is 399 g/mol. The van der Waals surface area contributed by atoms with Crippen LogP contribution in [-0.2, 0) is 20.4 Å². The van der Waals surface area contributed by atoms with E-state index in [-0.39, 0.29) is 94.9 Å². The van der Waals surface area contributed by atoms with Gasteiger partial charge in [0.25, 0.3) is 0 Å². The second kappa shape index (κ2) is 79.8. The van der Waals surface area contributed by atoms with E-state index in [1.165, 1.54) is 0 Å². The van der Waals surface area contributed by atoms with E-state index >= 15 is 0 Å². The summed E-state index contributed by atoms with van der Waals surface area (Å²) < 4.78 is 0. The summed E-state index contributed by atoms with van der Waals surface area (Å²) >= 11 is 0. The van der Waals surface area contributed by atoms with Crippen LogP contribution in [0.4, 0.5) is 0 Å². The second-order valence-electron chi connectivity index (χ2n) is 0. The summed E-state index contributed by atoms with van der Waals surface area (Å²) in [4.78, 5) is 0. The smallest absolute Gasteiger partial charge is 1.00 e. The Morgan fingerprint density at radius 3 is 0.286 bits per heavy atom. The number of hydrogen-bond donors (Lipinski definition) is 0. The summed E-state index contributed by atoms with van der Waals surface area (Å²) in [5.74, 6) is 0. The molecule has 0 rings (SSSR count). The van der Waals surface area contributed by atoms with Gasteiger partial charge in [-0.25, -0.2) is 0 Å². The summed E-state index contributed by atoms with van der Waals surface area (Å²) in [5.41, 5.74) is 0. The molecule has 7 heteroatoms. The third-order valence-corrected chi connectivity index (χ3v) is 0. The van der Waals surface area contributed by atoms with E-state index in [2.05, 4.69) is 0 Å². The summed E-state index contributed by atoms with van der Waals surface area (Å²) in [6.07, 6.45) is 0. The van der Waals surface area contributed by atoms with E-state index < -0.39 is 0 Å². The molecule has 0 amide bonds. The van der Waals surface area contributed by atoms with Crippen LogP contribution in [-0.4, -0.2) is 0 Å². The minimum Gasteiger partial charge on any atom is -1.00 e. The van der Waals surface area contributed by atoms with Crippen molar-refractivity contribution >= 4 is 0 Å². The van der Waals surface area contributed by atoms with Crippen molar-refractivity contribution in [2.45, 2.75) is 0 Å². The van der Waals surface area contributed by atoms with Gasteiger partial charge < -0.3 is 74.4 Å². The molecule has 0 saturated carbocycles. The molecule has 0 unspecified atom stereocenters.